The normalized spacial score (nSPS) is 20.0. The number of aromatic nitrogens is 2. The second-order valence-electron chi connectivity index (χ2n) is 6.70. The van der Waals surface area contributed by atoms with Crippen molar-refractivity contribution >= 4 is 11.9 Å². The number of halogens is 1. The Balaban J connectivity index is 1.48. The number of nitrogens with zero attached hydrogens (tertiary/aromatic N) is 3. The lowest BCUT2D eigenvalue weighted by molar-refractivity contribution is -0.122. The number of aliphatic hydroxyl groups is 1. The lowest BCUT2D eigenvalue weighted by Crippen LogP contribution is -2.54. The molecule has 1 saturated heterocycles. The van der Waals surface area contributed by atoms with Crippen LogP contribution in [-0.4, -0.2) is 46.2 Å². The first-order valence-electron chi connectivity index (χ1n) is 8.80. The summed E-state index contributed by atoms with van der Waals surface area (Å²) in [6, 6.07) is 7.88. The van der Waals surface area contributed by atoms with Gasteiger partial charge in [-0.3, -0.25) is 4.79 Å². The van der Waals surface area contributed by atoms with Crippen LogP contribution in [0.2, 0.25) is 0 Å². The molecule has 3 rings (SSSR count). The predicted octanol–water partition coefficient (Wildman–Crippen LogP) is 1.70. The first-order chi connectivity index (χ1) is 12.5. The van der Waals surface area contributed by atoms with Crippen LogP contribution in [0.25, 0.3) is 0 Å². The smallest absolute Gasteiger partial charge is 0.225 e. The quantitative estimate of drug-likeness (QED) is 0.822. The molecule has 1 fully saturated rings. The average molecular weight is 358 g/mol. The number of carbonyl (C=O) groups is 1. The molecule has 2 heterocycles. The summed E-state index contributed by atoms with van der Waals surface area (Å²) in [5.74, 6) is 0.175. The molecule has 1 amide bonds. The molecule has 6 nitrogen and oxygen atoms in total. The van der Waals surface area contributed by atoms with Crippen molar-refractivity contribution in [2.75, 3.05) is 24.5 Å². The van der Waals surface area contributed by atoms with E-state index in [-0.39, 0.29) is 18.3 Å². The highest BCUT2D eigenvalue weighted by atomic mass is 19.1. The minimum Gasteiger partial charge on any atom is -0.386 e. The van der Waals surface area contributed by atoms with Gasteiger partial charge in [0.25, 0.3) is 0 Å². The summed E-state index contributed by atoms with van der Waals surface area (Å²) >= 11 is 0. The Bertz CT molecular complexity index is 726. The highest BCUT2D eigenvalue weighted by molar-refractivity contribution is 5.76. The molecule has 0 unspecified atom stereocenters. The molecule has 138 valence electrons. The van der Waals surface area contributed by atoms with Crippen LogP contribution in [0.1, 0.15) is 24.8 Å². The summed E-state index contributed by atoms with van der Waals surface area (Å²) in [7, 11) is 0. The number of hydrogen-bond acceptors (Lipinski definition) is 5. The van der Waals surface area contributed by atoms with E-state index in [2.05, 4.69) is 15.3 Å². The molecular formula is C19H23FN4O2. The van der Waals surface area contributed by atoms with Crippen LogP contribution in [0.5, 0.6) is 0 Å². The Morgan fingerprint density at radius 3 is 2.73 bits per heavy atom. The van der Waals surface area contributed by atoms with Crippen molar-refractivity contribution in [2.45, 2.75) is 31.3 Å². The van der Waals surface area contributed by atoms with Crippen LogP contribution in [-0.2, 0) is 11.2 Å². The van der Waals surface area contributed by atoms with Crippen LogP contribution in [0.4, 0.5) is 10.3 Å². The third-order valence-corrected chi connectivity index (χ3v) is 4.56. The monoisotopic (exact) mass is 358 g/mol. The third-order valence-electron chi connectivity index (χ3n) is 4.56. The van der Waals surface area contributed by atoms with E-state index in [0.29, 0.717) is 31.8 Å². The first kappa shape index (κ1) is 18.3. The summed E-state index contributed by atoms with van der Waals surface area (Å²) in [6.45, 7) is 1.36. The highest BCUT2D eigenvalue weighted by Crippen LogP contribution is 2.23. The maximum absolute atomic E-state index is 12.9. The zero-order valence-electron chi connectivity index (χ0n) is 14.6. The second kappa shape index (κ2) is 8.23. The van der Waals surface area contributed by atoms with E-state index in [1.807, 2.05) is 4.90 Å². The van der Waals surface area contributed by atoms with Gasteiger partial charge in [0.2, 0.25) is 11.9 Å². The Labute approximate surface area is 152 Å². The minimum absolute atomic E-state index is 0.129. The molecule has 1 aromatic heterocycles. The first-order valence-corrected chi connectivity index (χ1v) is 8.80. The van der Waals surface area contributed by atoms with Crippen molar-refractivity contribution in [3.63, 3.8) is 0 Å². The van der Waals surface area contributed by atoms with Gasteiger partial charge in [-0.15, -0.1) is 0 Å². The van der Waals surface area contributed by atoms with Crippen molar-refractivity contribution in [3.05, 3.63) is 54.1 Å². The standard InChI is InChI=1S/C19H23FN4O2/c20-16-6-3-15(4-7-16)5-8-17(25)23-13-19(26)9-1-12-24(14-19)18-21-10-2-11-22-18/h2-4,6-7,10-11,26H,1,5,8-9,12-14H2,(H,23,25)/t19-/m0/s1. The molecule has 0 aliphatic carbocycles. The van der Waals surface area contributed by atoms with Crippen LogP contribution in [0, 0.1) is 5.82 Å². The molecule has 2 aromatic rings. The Morgan fingerprint density at radius 2 is 2.00 bits per heavy atom. The SMILES string of the molecule is O=C(CCc1ccc(F)cc1)NC[C@@]1(O)CCCN(c2ncccn2)C1. The van der Waals surface area contributed by atoms with Crippen molar-refractivity contribution in [3.8, 4) is 0 Å². The van der Waals surface area contributed by atoms with Gasteiger partial charge in [-0.2, -0.15) is 0 Å². The third kappa shape index (κ3) is 4.98. The van der Waals surface area contributed by atoms with E-state index in [9.17, 15) is 14.3 Å². The molecule has 1 aliphatic heterocycles. The summed E-state index contributed by atoms with van der Waals surface area (Å²) in [5, 5.41) is 13.6. The van der Waals surface area contributed by atoms with Gasteiger partial charge in [-0.25, -0.2) is 14.4 Å². The molecule has 1 atom stereocenters. The number of rotatable bonds is 6. The summed E-state index contributed by atoms with van der Waals surface area (Å²) in [6.07, 6.45) is 5.61. The summed E-state index contributed by atoms with van der Waals surface area (Å²) < 4.78 is 12.9. The number of β-amino-alcohol motifs (C(OH)–C–C–N with tert-alkyl or cyclic N) is 1. The van der Waals surface area contributed by atoms with Crippen molar-refractivity contribution in [1.29, 1.82) is 0 Å². The fraction of sp³-hybridized carbons (Fsp3) is 0.421. The topological polar surface area (TPSA) is 78.4 Å². The molecule has 26 heavy (non-hydrogen) atoms. The van der Waals surface area contributed by atoms with Crippen LogP contribution in [0.15, 0.2) is 42.7 Å². The molecule has 1 aliphatic rings. The maximum atomic E-state index is 12.9. The molecule has 1 aromatic carbocycles. The predicted molar refractivity (Wildman–Crippen MR) is 96.2 cm³/mol. The fourth-order valence-electron chi connectivity index (χ4n) is 3.14. The Hall–Kier alpha value is -2.54. The molecule has 0 saturated carbocycles. The van der Waals surface area contributed by atoms with E-state index < -0.39 is 5.60 Å². The van der Waals surface area contributed by atoms with Gasteiger partial charge in [-0.1, -0.05) is 12.1 Å². The number of amides is 1. The molecule has 2 N–H and O–H groups in total. The van der Waals surface area contributed by atoms with Gasteiger partial charge in [0.1, 0.15) is 5.82 Å². The van der Waals surface area contributed by atoms with E-state index in [1.165, 1.54) is 12.1 Å². The van der Waals surface area contributed by atoms with Crippen LogP contribution in [0.3, 0.4) is 0 Å². The number of anilines is 1. The summed E-state index contributed by atoms with van der Waals surface area (Å²) in [4.78, 5) is 22.5. The van der Waals surface area contributed by atoms with Crippen molar-refractivity contribution in [1.82, 2.24) is 15.3 Å². The molecule has 0 spiro atoms. The van der Waals surface area contributed by atoms with E-state index in [1.54, 1.807) is 30.6 Å². The van der Waals surface area contributed by atoms with Crippen LogP contribution < -0.4 is 10.2 Å². The largest absolute Gasteiger partial charge is 0.386 e. The number of hydrogen-bond donors (Lipinski definition) is 2. The fourth-order valence-corrected chi connectivity index (χ4v) is 3.14. The van der Waals surface area contributed by atoms with Gasteiger partial charge >= 0.3 is 0 Å². The molecule has 0 bridgehead atoms. The van der Waals surface area contributed by atoms with Gasteiger partial charge < -0.3 is 15.3 Å². The Morgan fingerprint density at radius 1 is 1.27 bits per heavy atom. The maximum Gasteiger partial charge on any atom is 0.225 e. The average Bonchev–Trinajstić information content (AvgIpc) is 2.67. The van der Waals surface area contributed by atoms with E-state index >= 15 is 0 Å². The zero-order valence-corrected chi connectivity index (χ0v) is 14.6. The van der Waals surface area contributed by atoms with E-state index in [0.717, 1.165) is 18.5 Å². The minimum atomic E-state index is -0.997. The highest BCUT2D eigenvalue weighted by Gasteiger charge is 2.34. The number of nitrogens with one attached hydrogen (secondary N) is 1. The lowest BCUT2D eigenvalue weighted by Gasteiger charge is -2.39. The lowest BCUT2D eigenvalue weighted by atomic mass is 9.93. The number of benzene rings is 1. The number of carbonyl (C=O) groups excluding carboxylic acids is 1. The van der Waals surface area contributed by atoms with Crippen molar-refractivity contribution in [2.24, 2.45) is 0 Å². The number of piperidine rings is 1. The molecule has 0 radical (unpaired) electrons. The van der Waals surface area contributed by atoms with E-state index in [4.69, 9.17) is 0 Å². The van der Waals surface area contributed by atoms with Gasteiger partial charge in [0.05, 0.1) is 12.1 Å². The molecule has 7 heteroatoms. The van der Waals surface area contributed by atoms with Crippen molar-refractivity contribution < 1.29 is 14.3 Å². The zero-order chi connectivity index (χ0) is 18.4. The summed E-state index contributed by atoms with van der Waals surface area (Å²) in [5.41, 5.74) is -0.0893. The number of aryl methyl sites for hydroxylation is 1. The van der Waals surface area contributed by atoms with Gasteiger partial charge in [0, 0.05) is 31.9 Å². The van der Waals surface area contributed by atoms with Crippen LogP contribution >= 0.6 is 0 Å². The Kier molecular flexibility index (Phi) is 5.78. The van der Waals surface area contributed by atoms with Gasteiger partial charge in [-0.05, 0) is 43.0 Å². The van der Waals surface area contributed by atoms with Gasteiger partial charge in [0.15, 0.2) is 0 Å². The second-order valence-corrected chi connectivity index (χ2v) is 6.70. The molecular weight excluding hydrogens is 335 g/mol.